The molecule has 0 bridgehead atoms. The maximum absolute atomic E-state index is 6.71. The molecule has 6 nitrogen and oxygen atoms in total. The summed E-state index contributed by atoms with van der Waals surface area (Å²) in [5.74, 6) is 1.32. The topological polar surface area (TPSA) is 94.0 Å². The lowest BCUT2D eigenvalue weighted by molar-refractivity contribution is 0.187. The molecule has 31 heavy (non-hydrogen) atoms. The maximum Gasteiger partial charge on any atom is 0.158 e. The van der Waals surface area contributed by atoms with Crippen LogP contribution in [-0.2, 0) is 6.42 Å². The molecule has 1 aliphatic carbocycles. The Labute approximate surface area is 187 Å². The highest BCUT2D eigenvalue weighted by Gasteiger charge is 2.45. The molecule has 2 aliphatic rings. The third-order valence-corrected chi connectivity index (χ3v) is 8.21. The SMILES string of the molecule is Cc1nccc(Sc2ncc(N3CCC4(CC3)Cc3ccccc3[C@H]4N)nc2N)c1C. The first-order valence-electron chi connectivity index (χ1n) is 10.8. The van der Waals surface area contributed by atoms with Crippen LogP contribution >= 0.6 is 11.8 Å². The Morgan fingerprint density at radius 3 is 2.61 bits per heavy atom. The van der Waals surface area contributed by atoms with Gasteiger partial charge < -0.3 is 16.4 Å². The van der Waals surface area contributed by atoms with Gasteiger partial charge in [-0.25, -0.2) is 9.97 Å². The second-order valence-electron chi connectivity index (χ2n) is 8.74. The molecule has 1 fully saturated rings. The predicted molar refractivity (Wildman–Crippen MR) is 125 cm³/mol. The second-order valence-corrected chi connectivity index (χ2v) is 9.77. The van der Waals surface area contributed by atoms with Crippen molar-refractivity contribution in [1.29, 1.82) is 0 Å². The smallest absolute Gasteiger partial charge is 0.158 e. The number of aryl methyl sites for hydroxylation is 1. The van der Waals surface area contributed by atoms with E-state index in [0.29, 0.717) is 5.82 Å². The van der Waals surface area contributed by atoms with Gasteiger partial charge in [0.2, 0.25) is 0 Å². The van der Waals surface area contributed by atoms with E-state index in [0.717, 1.165) is 59.3 Å². The van der Waals surface area contributed by atoms with Crippen LogP contribution in [0.3, 0.4) is 0 Å². The van der Waals surface area contributed by atoms with Crippen LogP contribution in [0, 0.1) is 19.3 Å². The van der Waals surface area contributed by atoms with Crippen LogP contribution in [0.25, 0.3) is 0 Å². The number of pyridine rings is 1. The fourth-order valence-electron chi connectivity index (χ4n) is 4.93. The zero-order chi connectivity index (χ0) is 21.6. The average Bonchev–Trinajstić information content (AvgIpc) is 3.05. The van der Waals surface area contributed by atoms with E-state index >= 15 is 0 Å². The van der Waals surface area contributed by atoms with Gasteiger partial charge in [-0.05, 0) is 61.3 Å². The standard InChI is InChI=1S/C24H28N6S/c1-15-16(2)27-10-7-19(15)31-23-22(26)29-20(14-28-23)30-11-8-24(9-12-30)13-17-5-3-4-6-18(17)21(24)25/h3-7,10,14,21H,8-9,11-13,25H2,1-2H3,(H2,26,29)/t21-/m1/s1. The van der Waals surface area contributed by atoms with Crippen LogP contribution < -0.4 is 16.4 Å². The molecule has 0 unspecified atom stereocenters. The van der Waals surface area contributed by atoms with Crippen LogP contribution in [0.4, 0.5) is 11.6 Å². The van der Waals surface area contributed by atoms with Gasteiger partial charge >= 0.3 is 0 Å². The lowest BCUT2D eigenvalue weighted by Gasteiger charge is -2.42. The predicted octanol–water partition coefficient (Wildman–Crippen LogP) is 4.06. The summed E-state index contributed by atoms with van der Waals surface area (Å²) in [6, 6.07) is 10.7. The van der Waals surface area contributed by atoms with E-state index in [1.807, 2.05) is 25.4 Å². The average molecular weight is 433 g/mol. The zero-order valence-corrected chi connectivity index (χ0v) is 18.8. The van der Waals surface area contributed by atoms with Gasteiger partial charge in [0.25, 0.3) is 0 Å². The largest absolute Gasteiger partial charge is 0.381 e. The molecule has 0 saturated carbocycles. The molecule has 1 spiro atoms. The Bertz CT molecular complexity index is 1120. The van der Waals surface area contributed by atoms with E-state index in [1.165, 1.54) is 11.1 Å². The molecular formula is C24H28N6S. The molecule has 5 rings (SSSR count). The number of aromatic nitrogens is 3. The van der Waals surface area contributed by atoms with Crippen molar-refractivity contribution in [2.45, 2.75) is 49.1 Å². The fraction of sp³-hybridized carbons (Fsp3) is 0.375. The van der Waals surface area contributed by atoms with Gasteiger partial charge in [-0.1, -0.05) is 36.0 Å². The monoisotopic (exact) mass is 432 g/mol. The lowest BCUT2D eigenvalue weighted by atomic mass is 9.73. The summed E-state index contributed by atoms with van der Waals surface area (Å²) in [5, 5.41) is 0.735. The summed E-state index contributed by atoms with van der Waals surface area (Å²) < 4.78 is 0. The van der Waals surface area contributed by atoms with E-state index in [9.17, 15) is 0 Å². The van der Waals surface area contributed by atoms with Gasteiger partial charge in [-0.15, -0.1) is 0 Å². The Kier molecular flexibility index (Phi) is 5.10. The molecule has 3 aromatic rings. The van der Waals surface area contributed by atoms with E-state index in [4.69, 9.17) is 16.5 Å². The Balaban J connectivity index is 1.29. The number of benzene rings is 1. The second kappa shape index (κ2) is 7.80. The molecule has 1 atom stereocenters. The van der Waals surface area contributed by atoms with Crippen molar-refractivity contribution < 1.29 is 0 Å². The normalized spacial score (nSPS) is 19.6. The quantitative estimate of drug-likeness (QED) is 0.644. The number of rotatable bonds is 3. The molecule has 160 valence electrons. The molecule has 2 aromatic heterocycles. The molecule has 0 amide bonds. The number of nitrogens with two attached hydrogens (primary N) is 2. The molecule has 1 saturated heterocycles. The van der Waals surface area contributed by atoms with Crippen molar-refractivity contribution in [3.8, 4) is 0 Å². The van der Waals surface area contributed by atoms with Crippen molar-refractivity contribution >= 4 is 23.4 Å². The van der Waals surface area contributed by atoms with Crippen molar-refractivity contribution in [2.24, 2.45) is 11.1 Å². The van der Waals surface area contributed by atoms with Crippen LogP contribution in [0.2, 0.25) is 0 Å². The van der Waals surface area contributed by atoms with Crippen LogP contribution in [0.15, 0.2) is 52.6 Å². The molecule has 0 radical (unpaired) electrons. The number of piperidine rings is 1. The Morgan fingerprint density at radius 1 is 1.10 bits per heavy atom. The molecule has 4 N–H and O–H groups in total. The van der Waals surface area contributed by atoms with Crippen molar-refractivity contribution in [2.75, 3.05) is 23.7 Å². The molecular weight excluding hydrogens is 404 g/mol. The first kappa shape index (κ1) is 20.3. The van der Waals surface area contributed by atoms with Crippen LogP contribution in [0.5, 0.6) is 0 Å². The summed E-state index contributed by atoms with van der Waals surface area (Å²) in [4.78, 5) is 17.1. The fourth-order valence-corrected chi connectivity index (χ4v) is 5.83. The lowest BCUT2D eigenvalue weighted by Crippen LogP contribution is -2.44. The zero-order valence-electron chi connectivity index (χ0n) is 18.0. The number of anilines is 2. The third kappa shape index (κ3) is 3.55. The van der Waals surface area contributed by atoms with Gasteiger partial charge in [0, 0.05) is 35.9 Å². The minimum atomic E-state index is 0.118. The highest BCUT2D eigenvalue weighted by atomic mass is 32.2. The Hall–Kier alpha value is -2.64. The first-order valence-corrected chi connectivity index (χ1v) is 11.6. The van der Waals surface area contributed by atoms with Gasteiger partial charge in [-0.2, -0.15) is 0 Å². The van der Waals surface area contributed by atoms with Crippen LogP contribution in [0.1, 0.15) is 41.3 Å². The maximum atomic E-state index is 6.71. The molecule has 3 heterocycles. The Morgan fingerprint density at radius 2 is 1.87 bits per heavy atom. The van der Waals surface area contributed by atoms with Crippen molar-refractivity contribution in [3.63, 3.8) is 0 Å². The third-order valence-electron chi connectivity index (χ3n) is 7.04. The van der Waals surface area contributed by atoms with E-state index < -0.39 is 0 Å². The molecule has 1 aliphatic heterocycles. The van der Waals surface area contributed by atoms with E-state index in [-0.39, 0.29) is 11.5 Å². The number of fused-ring (bicyclic) bond motifs is 1. The summed E-state index contributed by atoms with van der Waals surface area (Å²) in [7, 11) is 0. The summed E-state index contributed by atoms with van der Waals surface area (Å²) >= 11 is 1.55. The highest BCUT2D eigenvalue weighted by Crippen LogP contribution is 2.51. The van der Waals surface area contributed by atoms with Gasteiger partial charge in [0.05, 0.1) is 6.20 Å². The first-order chi connectivity index (χ1) is 15.0. The minimum absolute atomic E-state index is 0.118. The number of hydrogen-bond donors (Lipinski definition) is 2. The summed E-state index contributed by atoms with van der Waals surface area (Å²) in [6.45, 7) is 5.92. The summed E-state index contributed by atoms with van der Waals surface area (Å²) in [5.41, 5.74) is 18.1. The van der Waals surface area contributed by atoms with E-state index in [2.05, 4.69) is 46.1 Å². The molecule has 1 aromatic carbocycles. The van der Waals surface area contributed by atoms with Gasteiger partial charge in [0.1, 0.15) is 10.8 Å². The van der Waals surface area contributed by atoms with Crippen molar-refractivity contribution in [1.82, 2.24) is 15.0 Å². The van der Waals surface area contributed by atoms with Gasteiger partial charge in [-0.3, -0.25) is 4.98 Å². The minimum Gasteiger partial charge on any atom is -0.381 e. The molecule has 7 heteroatoms. The number of nitrogen functional groups attached to an aromatic ring is 1. The number of nitrogens with zero attached hydrogens (tertiary/aromatic N) is 4. The summed E-state index contributed by atoms with van der Waals surface area (Å²) in [6.07, 6.45) is 6.85. The van der Waals surface area contributed by atoms with Gasteiger partial charge in [0.15, 0.2) is 5.82 Å². The highest BCUT2D eigenvalue weighted by molar-refractivity contribution is 7.99. The van der Waals surface area contributed by atoms with Crippen molar-refractivity contribution in [3.05, 3.63) is 65.1 Å². The number of hydrogen-bond acceptors (Lipinski definition) is 7. The van der Waals surface area contributed by atoms with E-state index in [1.54, 1.807) is 11.8 Å². The van der Waals surface area contributed by atoms with Crippen LogP contribution in [-0.4, -0.2) is 28.0 Å².